The molecule has 0 bridgehead atoms. The number of carbonyl (C=O) groups is 2. The first-order valence-corrected chi connectivity index (χ1v) is 17.5. The average Bonchev–Trinajstić information content (AvgIpc) is 3.72. The Kier molecular flexibility index (Phi) is 14.5. The molecule has 2 aromatic carbocycles. The minimum atomic E-state index is -1.14. The zero-order valence-electron chi connectivity index (χ0n) is 27.3. The second-order valence-electron chi connectivity index (χ2n) is 12.2. The second kappa shape index (κ2) is 18.5. The quantitative estimate of drug-likeness (QED) is 0.131. The summed E-state index contributed by atoms with van der Waals surface area (Å²) in [5.74, 6) is 10.4. The van der Waals surface area contributed by atoms with Crippen LogP contribution >= 0.6 is 46.4 Å². The van der Waals surface area contributed by atoms with E-state index >= 15 is 0 Å². The Hall–Kier alpha value is -3.90. The molecule has 2 aliphatic rings. The van der Waals surface area contributed by atoms with Crippen molar-refractivity contribution in [2.24, 2.45) is 5.73 Å². The predicted octanol–water partition coefficient (Wildman–Crippen LogP) is 8.00. The van der Waals surface area contributed by atoms with Crippen LogP contribution in [0.1, 0.15) is 83.6 Å². The zero-order chi connectivity index (χ0) is 37.0. The van der Waals surface area contributed by atoms with Crippen LogP contribution in [0.4, 0.5) is 0 Å². The van der Waals surface area contributed by atoms with E-state index in [-0.39, 0.29) is 40.0 Å². The monoisotopic (exact) mass is 772 g/mol. The number of hydrogen-bond acceptors (Lipinski definition) is 7. The van der Waals surface area contributed by atoms with Gasteiger partial charge in [-0.05, 0) is 122 Å². The van der Waals surface area contributed by atoms with E-state index in [0.717, 1.165) is 36.8 Å². The number of carboxylic acid groups (broad SMARTS) is 1. The van der Waals surface area contributed by atoms with Gasteiger partial charge >= 0.3 is 5.97 Å². The zero-order valence-corrected chi connectivity index (χ0v) is 30.3. The number of nitrogens with one attached hydrogen (secondary N) is 1. The topological polar surface area (TPSA) is 159 Å². The van der Waals surface area contributed by atoms with Crippen LogP contribution in [0.25, 0.3) is 0 Å². The molecule has 51 heavy (non-hydrogen) atoms. The van der Waals surface area contributed by atoms with Crippen molar-refractivity contribution in [2.75, 3.05) is 0 Å². The van der Waals surface area contributed by atoms with Crippen LogP contribution < -0.4 is 11.1 Å². The summed E-state index contributed by atoms with van der Waals surface area (Å²) in [5, 5.41) is 33.7. The van der Waals surface area contributed by atoms with E-state index in [9.17, 15) is 19.8 Å². The van der Waals surface area contributed by atoms with E-state index in [1.807, 2.05) is 24.3 Å². The number of amides is 1. The number of aliphatic hydroxyl groups is 2. The third-order valence-corrected chi connectivity index (χ3v) is 8.81. The number of hydrogen-bond donors (Lipinski definition) is 5. The summed E-state index contributed by atoms with van der Waals surface area (Å²) in [7, 11) is 0. The van der Waals surface area contributed by atoms with Crippen LogP contribution in [0.2, 0.25) is 20.5 Å². The molecule has 2 heterocycles. The molecular weight excluding hydrogens is 738 g/mol. The molecule has 0 unspecified atom stereocenters. The van der Waals surface area contributed by atoms with Crippen LogP contribution in [0, 0.1) is 23.7 Å². The lowest BCUT2D eigenvalue weighted by atomic mass is 9.82. The van der Waals surface area contributed by atoms with E-state index < -0.39 is 17.2 Å². The largest absolute Gasteiger partial charge is 0.475 e. The number of halogens is 4. The maximum absolute atomic E-state index is 12.2. The van der Waals surface area contributed by atoms with Crippen molar-refractivity contribution < 1.29 is 33.7 Å². The molecule has 4 atom stereocenters. The van der Waals surface area contributed by atoms with Gasteiger partial charge in [0.05, 0.1) is 0 Å². The Labute approximate surface area is 316 Å². The Morgan fingerprint density at radius 3 is 1.71 bits per heavy atom. The van der Waals surface area contributed by atoms with Crippen molar-refractivity contribution in [1.29, 1.82) is 0 Å². The highest BCUT2D eigenvalue weighted by Gasteiger charge is 2.34. The Balaban J connectivity index is 0.000000192. The second-order valence-corrected chi connectivity index (χ2v) is 13.8. The maximum Gasteiger partial charge on any atom is 0.371 e. The highest BCUT2D eigenvalue weighted by atomic mass is 35.5. The molecule has 0 spiro atoms. The van der Waals surface area contributed by atoms with E-state index in [2.05, 4.69) is 33.4 Å². The number of nitrogens with two attached hydrogens (primary N) is 1. The SMILES string of the molecule is N[C@@H]1CCC[C@](O)(C#Cc2cccc(Cl)c2)C1.O=C(N[C@@H]1CCC[C@](O)(C#Cc2cccc(Cl)c2)C1)c1ccc(Cl)o1.O=C(O)c1ccc(Cl)o1. The molecule has 2 aliphatic carbocycles. The standard InChI is InChI=1S/C19H17Cl2NO3.C14H16ClNO.C5H3ClO3/c20-14-4-1-3-13(11-14)8-10-19(24)9-2-5-15(12-19)22-18(23)16-6-7-17(21)25-16;15-12-4-1-3-11(9-12)6-8-14(17)7-2-5-13(16)10-14;6-4-2-1-3(9-4)5(7)8/h1,3-4,6-7,11,15,24H,2,5,9,12H2,(H,22,23);1,3-4,9,13,17H,2,5,7,10,16H2;1-2H,(H,7,8)/t15-,19+;13-,14+;/m11./s1. The Bertz CT molecular complexity index is 1940. The smallest absolute Gasteiger partial charge is 0.371 e. The lowest BCUT2D eigenvalue weighted by molar-refractivity contribution is 0.0447. The fraction of sp³-hybridized carbons (Fsp3) is 0.316. The molecule has 0 saturated heterocycles. The molecule has 6 rings (SSSR count). The van der Waals surface area contributed by atoms with Gasteiger partial charge in [0.25, 0.3) is 5.91 Å². The van der Waals surface area contributed by atoms with Crippen LogP contribution in [0.15, 0.2) is 81.6 Å². The lowest BCUT2D eigenvalue weighted by Gasteiger charge is -2.33. The Morgan fingerprint density at radius 2 is 1.25 bits per heavy atom. The molecule has 2 aromatic heterocycles. The van der Waals surface area contributed by atoms with Crippen LogP contribution in [-0.4, -0.2) is 50.5 Å². The van der Waals surface area contributed by atoms with Gasteiger partial charge in [-0.2, -0.15) is 0 Å². The number of aromatic carboxylic acids is 1. The summed E-state index contributed by atoms with van der Waals surface area (Å²) >= 11 is 22.8. The summed E-state index contributed by atoms with van der Waals surface area (Å²) in [6.07, 6.45) is 5.64. The van der Waals surface area contributed by atoms with Gasteiger partial charge in [-0.3, -0.25) is 4.79 Å². The number of benzene rings is 2. The van der Waals surface area contributed by atoms with Crippen molar-refractivity contribution in [1.82, 2.24) is 5.32 Å². The van der Waals surface area contributed by atoms with E-state index in [1.165, 1.54) is 24.3 Å². The molecule has 268 valence electrons. The van der Waals surface area contributed by atoms with Crippen LogP contribution in [0.3, 0.4) is 0 Å². The number of furan rings is 2. The molecule has 2 fully saturated rings. The van der Waals surface area contributed by atoms with Gasteiger partial charge in [-0.1, -0.05) is 59.0 Å². The maximum atomic E-state index is 12.2. The van der Waals surface area contributed by atoms with Gasteiger partial charge in [0.2, 0.25) is 5.76 Å². The number of carboxylic acids is 1. The molecule has 13 heteroatoms. The first-order chi connectivity index (χ1) is 24.2. The molecule has 1 amide bonds. The Morgan fingerprint density at radius 1 is 0.745 bits per heavy atom. The molecule has 2 saturated carbocycles. The molecule has 0 radical (unpaired) electrons. The van der Waals surface area contributed by atoms with Crippen LogP contribution in [-0.2, 0) is 0 Å². The fourth-order valence-corrected chi connectivity index (χ4v) is 6.20. The highest BCUT2D eigenvalue weighted by Crippen LogP contribution is 2.29. The van der Waals surface area contributed by atoms with E-state index in [1.54, 1.807) is 24.3 Å². The van der Waals surface area contributed by atoms with Gasteiger partial charge in [-0.15, -0.1) is 0 Å². The highest BCUT2D eigenvalue weighted by molar-refractivity contribution is 6.31. The van der Waals surface area contributed by atoms with Gasteiger partial charge in [0.15, 0.2) is 16.2 Å². The molecular formula is C38H36Cl4N2O7. The summed E-state index contributed by atoms with van der Waals surface area (Å²) in [6.45, 7) is 0. The minimum Gasteiger partial charge on any atom is -0.475 e. The van der Waals surface area contributed by atoms with Crippen molar-refractivity contribution >= 4 is 58.3 Å². The average molecular weight is 775 g/mol. The normalized spacial score (nSPS) is 22.3. The van der Waals surface area contributed by atoms with Crippen molar-refractivity contribution in [3.63, 3.8) is 0 Å². The molecule has 4 aromatic rings. The van der Waals surface area contributed by atoms with E-state index in [0.29, 0.717) is 35.7 Å². The fourth-order valence-electron chi connectivity index (χ4n) is 5.53. The van der Waals surface area contributed by atoms with Crippen molar-refractivity contribution in [3.8, 4) is 23.7 Å². The number of carbonyl (C=O) groups excluding carboxylic acids is 1. The summed E-state index contributed by atoms with van der Waals surface area (Å²) in [4.78, 5) is 22.2. The summed E-state index contributed by atoms with van der Waals surface area (Å²) < 4.78 is 9.62. The molecule has 0 aliphatic heterocycles. The van der Waals surface area contributed by atoms with Gasteiger partial charge in [0, 0.05) is 46.1 Å². The van der Waals surface area contributed by atoms with Crippen molar-refractivity contribution in [3.05, 3.63) is 116 Å². The minimum absolute atomic E-state index is 0.0578. The summed E-state index contributed by atoms with van der Waals surface area (Å²) in [5.41, 5.74) is 5.36. The third-order valence-electron chi connectivity index (χ3n) is 7.94. The number of rotatable bonds is 3. The van der Waals surface area contributed by atoms with Crippen molar-refractivity contribution in [2.45, 2.75) is 74.7 Å². The lowest BCUT2D eigenvalue weighted by Crippen LogP contribution is -2.45. The third kappa shape index (κ3) is 13.3. The summed E-state index contributed by atoms with van der Waals surface area (Å²) in [6, 6.07) is 20.1. The van der Waals surface area contributed by atoms with Gasteiger partial charge < -0.3 is 35.2 Å². The first-order valence-electron chi connectivity index (χ1n) is 16.0. The molecule has 6 N–H and O–H groups in total. The van der Waals surface area contributed by atoms with Gasteiger partial charge in [0.1, 0.15) is 11.2 Å². The first kappa shape index (κ1) is 39.9. The van der Waals surface area contributed by atoms with Crippen LogP contribution in [0.5, 0.6) is 0 Å². The van der Waals surface area contributed by atoms with Gasteiger partial charge in [-0.25, -0.2) is 4.79 Å². The predicted molar refractivity (Wildman–Crippen MR) is 197 cm³/mol. The van der Waals surface area contributed by atoms with E-state index in [4.69, 9.17) is 61.7 Å². The molecule has 9 nitrogen and oxygen atoms in total.